The molecule has 1 N–H and O–H groups in total. The van der Waals surface area contributed by atoms with Gasteiger partial charge in [-0.3, -0.25) is 5.43 Å². The average molecular weight is 378 g/mol. The van der Waals surface area contributed by atoms with E-state index < -0.39 is 0 Å². The fraction of sp³-hybridized carbons (Fsp3) is 0.150. The molecule has 3 rings (SSSR count). The molecule has 1 heterocycles. The first-order valence-electron chi connectivity index (χ1n) is 8.13. The standard InChI is InChI=1S/C20H18N4O2S/c1-13-4-7-15(8-5-13)23-24-16(11-21)20-22-17(12-27-20)14-6-9-18(25-2)19(10-14)26-3/h4-10,12,23H,1-3H3. The van der Waals surface area contributed by atoms with Crippen LogP contribution < -0.4 is 14.9 Å². The van der Waals surface area contributed by atoms with E-state index in [1.807, 2.05) is 54.8 Å². The summed E-state index contributed by atoms with van der Waals surface area (Å²) < 4.78 is 10.6. The molecule has 1 aromatic heterocycles. The van der Waals surface area contributed by atoms with Crippen molar-refractivity contribution in [2.75, 3.05) is 19.6 Å². The Balaban J connectivity index is 1.84. The van der Waals surface area contributed by atoms with E-state index in [1.54, 1.807) is 14.2 Å². The fourth-order valence-corrected chi connectivity index (χ4v) is 3.15. The minimum atomic E-state index is 0.229. The van der Waals surface area contributed by atoms with E-state index in [-0.39, 0.29) is 5.71 Å². The van der Waals surface area contributed by atoms with Gasteiger partial charge in [0.15, 0.2) is 22.2 Å². The zero-order chi connectivity index (χ0) is 19.2. The van der Waals surface area contributed by atoms with Gasteiger partial charge in [-0.1, -0.05) is 17.7 Å². The Labute approximate surface area is 161 Å². The van der Waals surface area contributed by atoms with Gasteiger partial charge in [0.05, 0.1) is 25.6 Å². The van der Waals surface area contributed by atoms with E-state index >= 15 is 0 Å². The first-order chi connectivity index (χ1) is 13.1. The minimum absolute atomic E-state index is 0.229. The maximum absolute atomic E-state index is 9.44. The Morgan fingerprint density at radius 1 is 1.11 bits per heavy atom. The number of aryl methyl sites for hydroxylation is 1. The summed E-state index contributed by atoms with van der Waals surface area (Å²) >= 11 is 1.36. The number of rotatable bonds is 6. The number of benzene rings is 2. The highest BCUT2D eigenvalue weighted by Crippen LogP contribution is 2.32. The Morgan fingerprint density at radius 2 is 1.85 bits per heavy atom. The Bertz CT molecular complexity index is 1000. The molecule has 7 heteroatoms. The van der Waals surface area contributed by atoms with Gasteiger partial charge in [-0.2, -0.15) is 10.4 Å². The van der Waals surface area contributed by atoms with Gasteiger partial charge in [0, 0.05) is 10.9 Å². The Morgan fingerprint density at radius 3 is 2.52 bits per heavy atom. The molecule has 0 aliphatic heterocycles. The van der Waals surface area contributed by atoms with Crippen LogP contribution in [0.25, 0.3) is 11.3 Å². The summed E-state index contributed by atoms with van der Waals surface area (Å²) in [5, 5.41) is 16.1. The topological polar surface area (TPSA) is 79.5 Å². The monoisotopic (exact) mass is 378 g/mol. The second kappa shape index (κ2) is 8.34. The molecule has 136 valence electrons. The normalized spacial score (nSPS) is 11.0. The van der Waals surface area contributed by atoms with Crippen LogP contribution in [0.2, 0.25) is 0 Å². The zero-order valence-corrected chi connectivity index (χ0v) is 16.0. The molecule has 0 bridgehead atoms. The first kappa shape index (κ1) is 18.4. The van der Waals surface area contributed by atoms with Crippen LogP contribution in [0.4, 0.5) is 5.69 Å². The summed E-state index contributed by atoms with van der Waals surface area (Å²) in [5.41, 5.74) is 6.71. The molecule has 0 radical (unpaired) electrons. The van der Waals surface area contributed by atoms with E-state index in [2.05, 4.69) is 21.6 Å². The van der Waals surface area contributed by atoms with Crippen molar-refractivity contribution < 1.29 is 9.47 Å². The Hall–Kier alpha value is -3.37. The molecule has 0 unspecified atom stereocenters. The van der Waals surface area contributed by atoms with Crippen molar-refractivity contribution in [1.82, 2.24) is 4.98 Å². The van der Waals surface area contributed by atoms with E-state index in [0.717, 1.165) is 22.5 Å². The number of nitrogens with zero attached hydrogens (tertiary/aromatic N) is 3. The molecule has 0 saturated heterocycles. The fourth-order valence-electron chi connectivity index (χ4n) is 2.38. The summed E-state index contributed by atoms with van der Waals surface area (Å²) in [7, 11) is 3.18. The number of hydrogen-bond acceptors (Lipinski definition) is 7. The van der Waals surface area contributed by atoms with Gasteiger partial charge in [-0.25, -0.2) is 4.98 Å². The molecule has 0 aliphatic rings. The van der Waals surface area contributed by atoms with Gasteiger partial charge in [-0.15, -0.1) is 11.3 Å². The number of methoxy groups -OCH3 is 2. The predicted octanol–water partition coefficient (Wildman–Crippen LogP) is 4.48. The second-order valence-electron chi connectivity index (χ2n) is 5.66. The third-order valence-electron chi connectivity index (χ3n) is 3.84. The lowest BCUT2D eigenvalue weighted by atomic mass is 10.1. The molecule has 2 aromatic carbocycles. The molecule has 0 aliphatic carbocycles. The van der Waals surface area contributed by atoms with Crippen LogP contribution in [-0.2, 0) is 0 Å². The third-order valence-corrected chi connectivity index (χ3v) is 4.69. The van der Waals surface area contributed by atoms with Crippen molar-refractivity contribution in [3.63, 3.8) is 0 Å². The highest BCUT2D eigenvalue weighted by atomic mass is 32.1. The predicted molar refractivity (Wildman–Crippen MR) is 108 cm³/mol. The average Bonchev–Trinajstić information content (AvgIpc) is 3.19. The molecular weight excluding hydrogens is 360 g/mol. The van der Waals surface area contributed by atoms with Crippen LogP contribution in [0.15, 0.2) is 52.9 Å². The molecule has 0 spiro atoms. The highest BCUT2D eigenvalue weighted by molar-refractivity contribution is 7.12. The van der Waals surface area contributed by atoms with Crippen LogP contribution in [0, 0.1) is 18.3 Å². The van der Waals surface area contributed by atoms with Gasteiger partial charge in [0.25, 0.3) is 0 Å². The van der Waals surface area contributed by atoms with Gasteiger partial charge >= 0.3 is 0 Å². The van der Waals surface area contributed by atoms with Gasteiger partial charge in [-0.05, 0) is 37.3 Å². The maximum Gasteiger partial charge on any atom is 0.196 e. The minimum Gasteiger partial charge on any atom is -0.493 e. The number of aromatic nitrogens is 1. The van der Waals surface area contributed by atoms with Crippen molar-refractivity contribution in [2.45, 2.75) is 6.92 Å². The van der Waals surface area contributed by atoms with E-state index in [4.69, 9.17) is 9.47 Å². The van der Waals surface area contributed by atoms with Crippen molar-refractivity contribution in [3.05, 3.63) is 58.4 Å². The smallest absolute Gasteiger partial charge is 0.196 e. The van der Waals surface area contributed by atoms with Crippen molar-refractivity contribution in [2.24, 2.45) is 5.10 Å². The maximum atomic E-state index is 9.44. The van der Waals surface area contributed by atoms with Crippen LogP contribution in [0.3, 0.4) is 0 Å². The van der Waals surface area contributed by atoms with Crippen LogP contribution >= 0.6 is 11.3 Å². The lowest BCUT2D eigenvalue weighted by molar-refractivity contribution is 0.355. The van der Waals surface area contributed by atoms with Crippen LogP contribution in [0.5, 0.6) is 11.5 Å². The van der Waals surface area contributed by atoms with E-state index in [1.165, 1.54) is 11.3 Å². The number of ether oxygens (including phenoxy) is 2. The number of hydrazone groups is 1. The van der Waals surface area contributed by atoms with Crippen molar-refractivity contribution >= 4 is 22.7 Å². The first-order valence-corrected chi connectivity index (χ1v) is 9.01. The molecular formula is C20H18N4O2S. The van der Waals surface area contributed by atoms with Gasteiger partial charge < -0.3 is 9.47 Å². The quantitative estimate of drug-likeness (QED) is 0.505. The van der Waals surface area contributed by atoms with Crippen molar-refractivity contribution in [3.8, 4) is 28.8 Å². The number of thiazole rings is 1. The molecule has 0 amide bonds. The summed E-state index contributed by atoms with van der Waals surface area (Å²) in [4.78, 5) is 4.54. The van der Waals surface area contributed by atoms with E-state index in [0.29, 0.717) is 16.5 Å². The molecule has 27 heavy (non-hydrogen) atoms. The second-order valence-corrected chi connectivity index (χ2v) is 6.52. The molecule has 6 nitrogen and oxygen atoms in total. The summed E-state index contributed by atoms with van der Waals surface area (Å²) in [6.45, 7) is 2.01. The number of nitriles is 1. The van der Waals surface area contributed by atoms with Crippen LogP contribution in [-0.4, -0.2) is 24.9 Å². The van der Waals surface area contributed by atoms with Gasteiger partial charge in [0.1, 0.15) is 6.07 Å². The largest absolute Gasteiger partial charge is 0.493 e. The summed E-state index contributed by atoms with van der Waals surface area (Å²) in [6, 6.07) is 15.4. The van der Waals surface area contributed by atoms with Crippen LogP contribution in [0.1, 0.15) is 10.6 Å². The zero-order valence-electron chi connectivity index (χ0n) is 15.2. The summed E-state index contributed by atoms with van der Waals surface area (Å²) in [5.74, 6) is 1.28. The summed E-state index contributed by atoms with van der Waals surface area (Å²) in [6.07, 6.45) is 0. The number of anilines is 1. The Kier molecular flexibility index (Phi) is 5.69. The molecule has 3 aromatic rings. The molecule has 0 atom stereocenters. The highest BCUT2D eigenvalue weighted by Gasteiger charge is 2.12. The third kappa shape index (κ3) is 4.25. The van der Waals surface area contributed by atoms with E-state index in [9.17, 15) is 5.26 Å². The lowest BCUT2D eigenvalue weighted by Gasteiger charge is -2.08. The molecule has 0 fully saturated rings. The van der Waals surface area contributed by atoms with Gasteiger partial charge in [0.2, 0.25) is 0 Å². The number of nitrogens with one attached hydrogen (secondary N) is 1. The number of hydrogen-bond donors (Lipinski definition) is 1. The SMILES string of the molecule is COc1ccc(-c2csc(C(C#N)=NNc3ccc(C)cc3)n2)cc1OC. The van der Waals surface area contributed by atoms with Crippen molar-refractivity contribution in [1.29, 1.82) is 5.26 Å². The molecule has 0 saturated carbocycles. The lowest BCUT2D eigenvalue weighted by Crippen LogP contribution is -2.01.